The fourth-order valence-corrected chi connectivity index (χ4v) is 7.50. The highest BCUT2D eigenvalue weighted by molar-refractivity contribution is 5.82. The molecule has 0 spiro atoms. The van der Waals surface area contributed by atoms with Crippen molar-refractivity contribution in [3.8, 4) is 6.07 Å². The Kier molecular flexibility index (Phi) is 5.10. The summed E-state index contributed by atoms with van der Waals surface area (Å²) in [5.41, 5.74) is 0.976. The number of fused-ring (bicyclic) bond motifs is 3. The number of nitriles is 1. The summed E-state index contributed by atoms with van der Waals surface area (Å²) in [6, 6.07) is 2.28. The van der Waals surface area contributed by atoms with E-state index in [1.54, 1.807) is 0 Å². The minimum atomic E-state index is 0.182. The number of hydrogen-bond acceptors (Lipinski definition) is 2. The number of nitrogens with zero attached hydrogens (tertiary/aromatic N) is 1. The molecule has 0 heterocycles. The van der Waals surface area contributed by atoms with Crippen molar-refractivity contribution in [2.75, 3.05) is 0 Å². The molecular formula is C22H35NO. The highest BCUT2D eigenvalue weighted by Crippen LogP contribution is 2.69. The van der Waals surface area contributed by atoms with Gasteiger partial charge in [0.1, 0.15) is 5.78 Å². The topological polar surface area (TPSA) is 40.9 Å². The monoisotopic (exact) mass is 329 g/mol. The Morgan fingerprint density at radius 3 is 2.62 bits per heavy atom. The lowest BCUT2D eigenvalue weighted by atomic mass is 9.39. The first kappa shape index (κ1) is 18.0. The Balaban J connectivity index is 1.95. The summed E-state index contributed by atoms with van der Waals surface area (Å²) in [5, 5.41) is 9.01. The molecule has 0 aliphatic heterocycles. The van der Waals surface area contributed by atoms with Crippen LogP contribution in [0, 0.1) is 45.8 Å². The van der Waals surface area contributed by atoms with Gasteiger partial charge in [-0.15, -0.1) is 0 Å². The number of carbonyl (C=O) groups is 1. The fourth-order valence-electron chi connectivity index (χ4n) is 7.50. The molecule has 0 amide bonds. The molecule has 3 fully saturated rings. The van der Waals surface area contributed by atoms with Gasteiger partial charge in [-0.25, -0.2) is 0 Å². The molecule has 3 aliphatic rings. The second kappa shape index (κ2) is 6.81. The number of hydrogen-bond donors (Lipinski definition) is 0. The zero-order valence-electron chi connectivity index (χ0n) is 15.9. The average Bonchev–Trinajstić information content (AvgIpc) is 2.60. The summed E-state index contributed by atoms with van der Waals surface area (Å²) in [6.07, 6.45) is 12.5. The van der Waals surface area contributed by atoms with Gasteiger partial charge in [0.2, 0.25) is 0 Å². The van der Waals surface area contributed by atoms with Crippen molar-refractivity contribution in [3.05, 3.63) is 0 Å². The zero-order chi connectivity index (χ0) is 17.4. The van der Waals surface area contributed by atoms with E-state index in [1.807, 2.05) is 0 Å². The molecule has 0 radical (unpaired) electrons. The molecule has 0 bridgehead atoms. The Bertz CT molecular complexity index is 521. The van der Waals surface area contributed by atoms with Crippen LogP contribution in [-0.4, -0.2) is 5.78 Å². The lowest BCUT2D eigenvalue weighted by molar-refractivity contribution is -0.169. The van der Waals surface area contributed by atoms with Gasteiger partial charge < -0.3 is 0 Å². The van der Waals surface area contributed by atoms with Crippen molar-refractivity contribution in [2.45, 2.75) is 91.4 Å². The van der Waals surface area contributed by atoms with Crippen molar-refractivity contribution in [2.24, 2.45) is 34.5 Å². The molecule has 3 saturated carbocycles. The summed E-state index contributed by atoms with van der Waals surface area (Å²) in [4.78, 5) is 12.6. The molecule has 2 heteroatoms. The van der Waals surface area contributed by atoms with E-state index in [0.717, 1.165) is 31.1 Å². The Morgan fingerprint density at radius 1 is 1.17 bits per heavy atom. The second-order valence-electron chi connectivity index (χ2n) is 9.11. The summed E-state index contributed by atoms with van der Waals surface area (Å²) in [7, 11) is 0. The van der Waals surface area contributed by atoms with Gasteiger partial charge in [-0.3, -0.25) is 4.79 Å². The van der Waals surface area contributed by atoms with E-state index in [0.29, 0.717) is 29.0 Å². The predicted octanol–water partition coefficient (Wildman–Crippen LogP) is 5.91. The van der Waals surface area contributed by atoms with Crippen LogP contribution in [0.25, 0.3) is 0 Å². The standard InChI is InChI=1S/C22H35NO/c1-4-21-12-11-17-18(7-6-14-23)20(24)9-8-19(17)22(21,5-2)13-10-16(3)15-21/h16-19H,4-13,15H2,1-3H3/t16-,17-,18?,19?,21+,22+/m0/s1. The van der Waals surface area contributed by atoms with E-state index in [9.17, 15) is 4.79 Å². The van der Waals surface area contributed by atoms with E-state index in [1.165, 1.54) is 44.9 Å². The van der Waals surface area contributed by atoms with Crippen LogP contribution < -0.4 is 0 Å². The minimum Gasteiger partial charge on any atom is -0.299 e. The fraction of sp³-hybridized carbons (Fsp3) is 0.909. The molecule has 3 rings (SSSR count). The minimum absolute atomic E-state index is 0.182. The first-order valence-electron chi connectivity index (χ1n) is 10.4. The van der Waals surface area contributed by atoms with Crippen molar-refractivity contribution in [1.82, 2.24) is 0 Å². The van der Waals surface area contributed by atoms with Crippen LogP contribution in [0.4, 0.5) is 0 Å². The van der Waals surface area contributed by atoms with Crippen LogP contribution >= 0.6 is 0 Å². The number of rotatable bonds is 4. The highest BCUT2D eigenvalue weighted by Gasteiger charge is 2.61. The van der Waals surface area contributed by atoms with Gasteiger partial charge in [-0.1, -0.05) is 27.2 Å². The molecule has 3 aliphatic carbocycles. The first-order chi connectivity index (χ1) is 11.5. The lowest BCUT2D eigenvalue weighted by Gasteiger charge is -2.65. The maximum Gasteiger partial charge on any atom is 0.136 e. The second-order valence-corrected chi connectivity index (χ2v) is 9.11. The molecule has 0 saturated heterocycles. The summed E-state index contributed by atoms with van der Waals surface area (Å²) >= 11 is 0. The Labute approximate surface area is 148 Å². The number of carbonyl (C=O) groups excluding carboxylic acids is 1. The van der Waals surface area contributed by atoms with Crippen molar-refractivity contribution < 1.29 is 4.79 Å². The normalized spacial score (nSPS) is 45.2. The third kappa shape index (κ3) is 2.54. The summed E-state index contributed by atoms with van der Waals surface area (Å²) in [5.74, 6) is 2.80. The van der Waals surface area contributed by atoms with Gasteiger partial charge in [0, 0.05) is 18.8 Å². The molecule has 134 valence electrons. The molecule has 6 atom stereocenters. The van der Waals surface area contributed by atoms with Crippen LogP contribution in [-0.2, 0) is 4.79 Å². The van der Waals surface area contributed by atoms with Gasteiger partial charge in [0.25, 0.3) is 0 Å². The van der Waals surface area contributed by atoms with Crippen LogP contribution in [0.1, 0.15) is 91.4 Å². The predicted molar refractivity (Wildman–Crippen MR) is 97.3 cm³/mol. The average molecular weight is 330 g/mol. The van der Waals surface area contributed by atoms with Gasteiger partial charge in [0.15, 0.2) is 0 Å². The lowest BCUT2D eigenvalue weighted by Crippen LogP contribution is -2.58. The molecule has 24 heavy (non-hydrogen) atoms. The van der Waals surface area contributed by atoms with E-state index in [2.05, 4.69) is 26.8 Å². The molecule has 2 nitrogen and oxygen atoms in total. The maximum atomic E-state index is 12.6. The SMILES string of the molecule is CC[C@]12CC[C@H]3C(CCC#N)C(=O)CCC3[C@@]1(CC)CC[C@H](C)C2. The molecular weight excluding hydrogens is 294 g/mol. The molecule has 0 aromatic rings. The summed E-state index contributed by atoms with van der Waals surface area (Å²) in [6.45, 7) is 7.29. The smallest absolute Gasteiger partial charge is 0.136 e. The summed E-state index contributed by atoms with van der Waals surface area (Å²) < 4.78 is 0. The molecule has 0 aromatic heterocycles. The highest BCUT2D eigenvalue weighted by atomic mass is 16.1. The largest absolute Gasteiger partial charge is 0.299 e. The Hall–Kier alpha value is -0.840. The van der Waals surface area contributed by atoms with Crippen LogP contribution in [0.5, 0.6) is 0 Å². The van der Waals surface area contributed by atoms with Gasteiger partial charge in [0.05, 0.1) is 6.07 Å². The van der Waals surface area contributed by atoms with Gasteiger partial charge in [-0.05, 0) is 80.0 Å². The zero-order valence-corrected chi connectivity index (χ0v) is 15.9. The maximum absolute atomic E-state index is 12.6. The number of Topliss-reactive ketones (excluding diaryl/α,β-unsaturated/α-hetero) is 1. The van der Waals surface area contributed by atoms with Crippen molar-refractivity contribution in [1.29, 1.82) is 5.26 Å². The van der Waals surface area contributed by atoms with Crippen LogP contribution in [0.3, 0.4) is 0 Å². The van der Waals surface area contributed by atoms with Crippen LogP contribution in [0.15, 0.2) is 0 Å². The first-order valence-corrected chi connectivity index (χ1v) is 10.4. The van der Waals surface area contributed by atoms with Crippen LogP contribution in [0.2, 0.25) is 0 Å². The number of ketones is 1. The molecule has 2 unspecified atom stereocenters. The van der Waals surface area contributed by atoms with E-state index >= 15 is 0 Å². The molecule has 0 aromatic carbocycles. The quantitative estimate of drug-likeness (QED) is 0.643. The van der Waals surface area contributed by atoms with E-state index in [4.69, 9.17) is 5.26 Å². The van der Waals surface area contributed by atoms with Crippen molar-refractivity contribution in [3.63, 3.8) is 0 Å². The van der Waals surface area contributed by atoms with Gasteiger partial charge >= 0.3 is 0 Å². The third-order valence-corrected chi connectivity index (χ3v) is 8.57. The third-order valence-electron chi connectivity index (χ3n) is 8.57. The Morgan fingerprint density at radius 2 is 1.96 bits per heavy atom. The van der Waals surface area contributed by atoms with E-state index in [-0.39, 0.29) is 5.92 Å². The van der Waals surface area contributed by atoms with Gasteiger partial charge in [-0.2, -0.15) is 5.26 Å². The van der Waals surface area contributed by atoms with E-state index < -0.39 is 0 Å². The van der Waals surface area contributed by atoms with Crippen molar-refractivity contribution >= 4 is 5.78 Å². The molecule has 0 N–H and O–H groups in total.